The highest BCUT2D eigenvalue weighted by molar-refractivity contribution is 7.21. The number of para-hydroxylation sites is 2. The molecule has 0 aliphatic rings. The molecular weight excluding hydrogens is 548 g/mol. The van der Waals surface area contributed by atoms with Gasteiger partial charge in [-0.3, -0.25) is 9.59 Å². The fraction of sp³-hybridized carbons (Fsp3) is 0.148. The van der Waals surface area contributed by atoms with E-state index >= 15 is 0 Å². The number of fused-ring (bicyclic) bond motifs is 1. The number of aryl methyl sites for hydroxylation is 1. The fourth-order valence-electron chi connectivity index (χ4n) is 3.94. The van der Waals surface area contributed by atoms with Gasteiger partial charge in [-0.2, -0.15) is 0 Å². The number of carbonyl (C=O) groups excluding carboxylic acids is 2. The summed E-state index contributed by atoms with van der Waals surface area (Å²) in [5, 5.41) is 3.04. The molecule has 0 radical (unpaired) electrons. The molecule has 2 amide bonds. The summed E-state index contributed by atoms with van der Waals surface area (Å²) in [7, 11) is 1.53. The molecule has 1 aromatic carbocycles. The Morgan fingerprint density at radius 2 is 1.87 bits per heavy atom. The summed E-state index contributed by atoms with van der Waals surface area (Å²) in [4.78, 5) is 31.3. The first-order valence-corrected chi connectivity index (χ1v) is 13.2. The van der Waals surface area contributed by atoms with Gasteiger partial charge in [0.05, 0.1) is 12.8 Å². The average Bonchev–Trinajstić information content (AvgIpc) is 3.66. The van der Waals surface area contributed by atoms with Gasteiger partial charge in [-0.25, -0.2) is 13.8 Å². The van der Waals surface area contributed by atoms with Crippen molar-refractivity contribution < 1.29 is 32.3 Å². The van der Waals surface area contributed by atoms with Crippen LogP contribution in [0.3, 0.4) is 0 Å². The highest BCUT2D eigenvalue weighted by atomic mass is 32.1. The maximum atomic E-state index is 13.7. The van der Waals surface area contributed by atoms with Gasteiger partial charge in [-0.1, -0.05) is 12.1 Å². The van der Waals surface area contributed by atoms with Gasteiger partial charge in [0.1, 0.15) is 27.8 Å². The number of furan rings is 1. The molecule has 0 aliphatic carbocycles. The van der Waals surface area contributed by atoms with Crippen LogP contribution in [0.5, 0.6) is 11.5 Å². The molecule has 0 saturated carbocycles. The SMILES string of the molecule is COc1ccccc1OCc1ccc(C(=O)Nc2c(C(N)=O)sc3nc(C(F)F)cc(-c4ccc(C)s4)c23)o1. The van der Waals surface area contributed by atoms with Crippen LogP contribution in [0.1, 0.15) is 43.0 Å². The standard InChI is InChI=1S/C27H21F2N3O5S2/c1-13-7-10-20(38-13)15-11-16(24(28)29)31-27-21(15)22(23(39-27)25(30)33)32-26(34)19-9-8-14(37-19)12-36-18-6-4-3-5-17(18)35-2/h3-11,24H,12H2,1-2H3,(H2,30,33)(H,32,34). The highest BCUT2D eigenvalue weighted by Gasteiger charge is 2.26. The van der Waals surface area contributed by atoms with Crippen LogP contribution in [0, 0.1) is 6.92 Å². The Morgan fingerprint density at radius 1 is 1.10 bits per heavy atom. The Labute approximate surface area is 229 Å². The quantitative estimate of drug-likeness (QED) is 0.202. The number of amides is 2. The molecule has 0 saturated heterocycles. The van der Waals surface area contributed by atoms with Gasteiger partial charge >= 0.3 is 0 Å². The Morgan fingerprint density at radius 3 is 2.54 bits per heavy atom. The monoisotopic (exact) mass is 569 g/mol. The van der Waals surface area contributed by atoms with Crippen LogP contribution in [0.25, 0.3) is 20.7 Å². The molecule has 5 rings (SSSR count). The number of anilines is 1. The molecule has 3 N–H and O–H groups in total. The molecular formula is C27H21F2N3O5S2. The number of aromatic nitrogens is 1. The summed E-state index contributed by atoms with van der Waals surface area (Å²) >= 11 is 2.23. The highest BCUT2D eigenvalue weighted by Crippen LogP contribution is 2.44. The zero-order chi connectivity index (χ0) is 27.7. The lowest BCUT2D eigenvalue weighted by Gasteiger charge is -2.09. The lowest BCUT2D eigenvalue weighted by Crippen LogP contribution is -2.16. The first-order chi connectivity index (χ1) is 18.7. The predicted octanol–water partition coefficient (Wildman–Crippen LogP) is 6.80. The van der Waals surface area contributed by atoms with Gasteiger partial charge < -0.3 is 24.9 Å². The van der Waals surface area contributed by atoms with E-state index in [-0.39, 0.29) is 27.8 Å². The van der Waals surface area contributed by atoms with E-state index in [0.717, 1.165) is 16.2 Å². The number of pyridine rings is 1. The average molecular weight is 570 g/mol. The van der Waals surface area contributed by atoms with Crippen molar-refractivity contribution in [3.63, 3.8) is 0 Å². The van der Waals surface area contributed by atoms with Gasteiger partial charge in [0.25, 0.3) is 18.2 Å². The van der Waals surface area contributed by atoms with Crippen LogP contribution in [0.4, 0.5) is 14.5 Å². The van der Waals surface area contributed by atoms with E-state index in [1.165, 1.54) is 30.6 Å². The number of nitrogens with one attached hydrogen (secondary N) is 1. The molecule has 5 aromatic rings. The van der Waals surface area contributed by atoms with Crippen LogP contribution < -0.4 is 20.5 Å². The maximum Gasteiger partial charge on any atom is 0.291 e. The molecule has 0 aliphatic heterocycles. The number of hydrogen-bond donors (Lipinski definition) is 2. The number of ether oxygens (including phenoxy) is 2. The van der Waals surface area contributed by atoms with Gasteiger partial charge in [-0.05, 0) is 49.4 Å². The largest absolute Gasteiger partial charge is 0.493 e. The minimum absolute atomic E-state index is 0.0157. The van der Waals surface area contributed by atoms with Crippen molar-refractivity contribution in [1.82, 2.24) is 4.98 Å². The molecule has 39 heavy (non-hydrogen) atoms. The molecule has 4 heterocycles. The van der Waals surface area contributed by atoms with Crippen molar-refractivity contribution in [2.75, 3.05) is 12.4 Å². The number of nitrogens with two attached hydrogens (primary N) is 1. The number of rotatable bonds is 9. The lowest BCUT2D eigenvalue weighted by atomic mass is 10.1. The van der Waals surface area contributed by atoms with Crippen LogP contribution in [-0.2, 0) is 6.61 Å². The van der Waals surface area contributed by atoms with E-state index in [1.54, 1.807) is 30.3 Å². The fourth-order valence-corrected chi connectivity index (χ4v) is 5.84. The number of alkyl halides is 2. The van der Waals surface area contributed by atoms with Gasteiger partial charge in [-0.15, -0.1) is 22.7 Å². The van der Waals surface area contributed by atoms with E-state index in [9.17, 15) is 18.4 Å². The molecule has 0 bridgehead atoms. The van der Waals surface area contributed by atoms with Crippen molar-refractivity contribution in [3.8, 4) is 21.9 Å². The molecule has 0 fully saturated rings. The van der Waals surface area contributed by atoms with Gasteiger partial charge in [0, 0.05) is 20.7 Å². The van der Waals surface area contributed by atoms with Crippen LogP contribution in [0.2, 0.25) is 0 Å². The number of carbonyl (C=O) groups is 2. The van der Waals surface area contributed by atoms with Crippen molar-refractivity contribution in [1.29, 1.82) is 0 Å². The van der Waals surface area contributed by atoms with Crippen LogP contribution in [-0.4, -0.2) is 23.9 Å². The number of nitrogens with zero attached hydrogens (tertiary/aromatic N) is 1. The van der Waals surface area contributed by atoms with E-state index in [0.29, 0.717) is 33.1 Å². The molecule has 0 spiro atoms. The van der Waals surface area contributed by atoms with E-state index in [4.69, 9.17) is 19.6 Å². The molecule has 12 heteroatoms. The summed E-state index contributed by atoms with van der Waals surface area (Å²) in [5.41, 5.74) is 5.67. The zero-order valence-electron chi connectivity index (χ0n) is 20.6. The third-order valence-electron chi connectivity index (χ3n) is 5.70. The second kappa shape index (κ2) is 10.8. The summed E-state index contributed by atoms with van der Waals surface area (Å²) in [6, 6.07) is 15.1. The number of primary amides is 1. The second-order valence-corrected chi connectivity index (χ2v) is 10.6. The number of thiophene rings is 2. The summed E-state index contributed by atoms with van der Waals surface area (Å²) in [6.45, 7) is 1.92. The van der Waals surface area contributed by atoms with E-state index in [2.05, 4.69) is 10.3 Å². The number of hydrogen-bond acceptors (Lipinski definition) is 8. The smallest absolute Gasteiger partial charge is 0.291 e. The van der Waals surface area contributed by atoms with Crippen molar-refractivity contribution >= 4 is 50.4 Å². The molecule has 200 valence electrons. The summed E-state index contributed by atoms with van der Waals surface area (Å²) < 4.78 is 44.0. The van der Waals surface area contributed by atoms with Gasteiger partial charge in [0.2, 0.25) is 0 Å². The van der Waals surface area contributed by atoms with Gasteiger partial charge in [0.15, 0.2) is 17.3 Å². The number of benzene rings is 1. The molecule has 4 aromatic heterocycles. The normalized spacial score (nSPS) is 11.2. The summed E-state index contributed by atoms with van der Waals surface area (Å²) in [6.07, 6.45) is -2.83. The third-order valence-corrected chi connectivity index (χ3v) is 7.83. The lowest BCUT2D eigenvalue weighted by molar-refractivity contribution is 0.0992. The van der Waals surface area contributed by atoms with Crippen molar-refractivity contribution in [3.05, 3.63) is 81.6 Å². The Hall–Kier alpha value is -4.29. The Kier molecular flexibility index (Phi) is 7.31. The minimum Gasteiger partial charge on any atom is -0.493 e. The van der Waals surface area contributed by atoms with Crippen LogP contribution in [0.15, 0.2) is 59.0 Å². The maximum absolute atomic E-state index is 13.7. The van der Waals surface area contributed by atoms with Crippen LogP contribution >= 0.6 is 22.7 Å². The Bertz CT molecular complexity index is 1690. The zero-order valence-corrected chi connectivity index (χ0v) is 22.3. The van der Waals surface area contributed by atoms with Crippen molar-refractivity contribution in [2.45, 2.75) is 20.0 Å². The van der Waals surface area contributed by atoms with Crippen molar-refractivity contribution in [2.24, 2.45) is 5.73 Å². The molecule has 0 atom stereocenters. The van der Waals surface area contributed by atoms with E-state index < -0.39 is 23.9 Å². The first kappa shape index (κ1) is 26.3. The Balaban J connectivity index is 1.48. The minimum atomic E-state index is -2.83. The summed E-state index contributed by atoms with van der Waals surface area (Å²) in [5.74, 6) is -0.114. The molecule has 8 nitrogen and oxygen atoms in total. The van der Waals surface area contributed by atoms with E-state index in [1.807, 2.05) is 19.1 Å². The first-order valence-electron chi connectivity index (χ1n) is 11.5. The topological polar surface area (TPSA) is 117 Å². The third kappa shape index (κ3) is 5.33. The molecule has 0 unspecified atom stereocenters. The number of methoxy groups -OCH3 is 1. The predicted molar refractivity (Wildman–Crippen MR) is 145 cm³/mol. The number of halogens is 2. The second-order valence-electron chi connectivity index (χ2n) is 8.32.